The molecule has 0 saturated heterocycles. The summed E-state index contributed by atoms with van der Waals surface area (Å²) in [5.41, 5.74) is 8.18. The van der Waals surface area contributed by atoms with Crippen LogP contribution in [0.5, 0.6) is 5.75 Å². The van der Waals surface area contributed by atoms with Crippen molar-refractivity contribution in [3.8, 4) is 22.9 Å². The summed E-state index contributed by atoms with van der Waals surface area (Å²) in [7, 11) is 0. The first-order chi connectivity index (χ1) is 17.3. The molecule has 0 radical (unpaired) electrons. The van der Waals surface area contributed by atoms with Gasteiger partial charge in [0.1, 0.15) is 11.9 Å². The number of allylic oxidation sites excluding steroid dienone is 3. The Hall–Kier alpha value is -4.81. The lowest BCUT2D eigenvalue weighted by molar-refractivity contribution is 0.323. The molecule has 4 aromatic carbocycles. The van der Waals surface area contributed by atoms with Crippen LogP contribution in [0.3, 0.4) is 0 Å². The fourth-order valence-electron chi connectivity index (χ4n) is 4.65. The lowest BCUT2D eigenvalue weighted by Gasteiger charge is -2.26. The SMILES string of the molecule is N#Cc1cccc(N(C2=CC=C3c4ccccc4OC3C=C2)c2ccc(-c3ccccc3)cc2)c1. The number of nitriles is 1. The first-order valence-corrected chi connectivity index (χ1v) is 11.6. The molecule has 0 amide bonds. The minimum atomic E-state index is -0.117. The largest absolute Gasteiger partial charge is 0.481 e. The Morgan fingerprint density at radius 1 is 0.714 bits per heavy atom. The normalized spacial score (nSPS) is 15.6. The van der Waals surface area contributed by atoms with Gasteiger partial charge < -0.3 is 9.64 Å². The number of para-hydroxylation sites is 1. The van der Waals surface area contributed by atoms with Gasteiger partial charge in [0.15, 0.2) is 0 Å². The average Bonchev–Trinajstić information content (AvgIpc) is 3.16. The first-order valence-electron chi connectivity index (χ1n) is 11.6. The van der Waals surface area contributed by atoms with Crippen LogP contribution in [-0.4, -0.2) is 6.10 Å². The van der Waals surface area contributed by atoms with Crippen LogP contribution in [0.1, 0.15) is 11.1 Å². The number of hydrogen-bond acceptors (Lipinski definition) is 3. The van der Waals surface area contributed by atoms with Crippen LogP contribution in [0.2, 0.25) is 0 Å². The van der Waals surface area contributed by atoms with Crippen LogP contribution in [-0.2, 0) is 0 Å². The van der Waals surface area contributed by atoms with Crippen LogP contribution < -0.4 is 9.64 Å². The fraction of sp³-hybridized carbons (Fsp3) is 0.0312. The van der Waals surface area contributed by atoms with Gasteiger partial charge in [0.2, 0.25) is 0 Å². The van der Waals surface area contributed by atoms with Crippen LogP contribution in [0.4, 0.5) is 11.4 Å². The van der Waals surface area contributed by atoms with E-state index in [0.29, 0.717) is 5.56 Å². The highest BCUT2D eigenvalue weighted by atomic mass is 16.5. The van der Waals surface area contributed by atoms with E-state index >= 15 is 0 Å². The molecule has 0 bridgehead atoms. The molecule has 1 unspecified atom stereocenters. The van der Waals surface area contributed by atoms with E-state index in [0.717, 1.165) is 39.5 Å². The number of benzene rings is 4. The Morgan fingerprint density at radius 2 is 1.49 bits per heavy atom. The number of nitrogens with zero attached hydrogens (tertiary/aromatic N) is 2. The standard InChI is InChI=1S/C32H22N2O/c33-22-23-7-6-10-28(21-23)34(26-15-13-25(14-16-26)24-8-2-1-3-9-24)27-17-19-30-29-11-4-5-12-31(29)35-32(30)20-18-27/h1-21,32H. The summed E-state index contributed by atoms with van der Waals surface area (Å²) in [6.45, 7) is 0. The van der Waals surface area contributed by atoms with Crippen molar-refractivity contribution in [1.29, 1.82) is 5.26 Å². The molecule has 6 rings (SSSR count). The minimum absolute atomic E-state index is 0.117. The quantitative estimate of drug-likeness (QED) is 0.320. The van der Waals surface area contributed by atoms with Gasteiger partial charge in [-0.1, -0.05) is 72.8 Å². The van der Waals surface area contributed by atoms with E-state index in [1.165, 1.54) is 5.56 Å². The van der Waals surface area contributed by atoms with Crippen molar-refractivity contribution in [3.63, 3.8) is 0 Å². The van der Waals surface area contributed by atoms with Crippen molar-refractivity contribution < 1.29 is 4.74 Å². The summed E-state index contributed by atoms with van der Waals surface area (Å²) in [5.74, 6) is 0.917. The van der Waals surface area contributed by atoms with Crippen molar-refractivity contribution in [2.24, 2.45) is 0 Å². The predicted octanol–water partition coefficient (Wildman–Crippen LogP) is 7.66. The third-order valence-electron chi connectivity index (χ3n) is 6.36. The molecule has 1 heterocycles. The molecule has 1 aliphatic heterocycles. The number of hydrogen-bond donors (Lipinski definition) is 0. The molecule has 3 heteroatoms. The number of fused-ring (bicyclic) bond motifs is 3. The van der Waals surface area contributed by atoms with Gasteiger partial charge in [-0.05, 0) is 65.8 Å². The summed E-state index contributed by atoms with van der Waals surface area (Å²) in [5, 5.41) is 9.51. The molecule has 1 aliphatic carbocycles. The maximum absolute atomic E-state index is 9.51. The molecular formula is C32H22N2O. The molecular weight excluding hydrogens is 428 g/mol. The third-order valence-corrected chi connectivity index (χ3v) is 6.36. The van der Waals surface area contributed by atoms with E-state index in [1.54, 1.807) is 0 Å². The second kappa shape index (κ2) is 8.85. The van der Waals surface area contributed by atoms with Gasteiger partial charge in [-0.15, -0.1) is 0 Å². The molecule has 4 aromatic rings. The van der Waals surface area contributed by atoms with E-state index in [1.807, 2.05) is 48.5 Å². The van der Waals surface area contributed by atoms with Crippen molar-refractivity contribution in [1.82, 2.24) is 0 Å². The Bertz CT molecular complexity index is 1520. The highest BCUT2D eigenvalue weighted by Gasteiger charge is 2.27. The molecule has 1 atom stereocenters. The predicted molar refractivity (Wildman–Crippen MR) is 141 cm³/mol. The summed E-state index contributed by atoms with van der Waals surface area (Å²) in [4.78, 5) is 2.18. The zero-order chi connectivity index (χ0) is 23.6. The van der Waals surface area contributed by atoms with Gasteiger partial charge in [-0.25, -0.2) is 0 Å². The third kappa shape index (κ3) is 3.92. The highest BCUT2D eigenvalue weighted by Crippen LogP contribution is 2.40. The summed E-state index contributed by atoms with van der Waals surface area (Å²) in [6.07, 6.45) is 8.36. The van der Waals surface area contributed by atoms with E-state index in [2.05, 4.69) is 89.9 Å². The maximum Gasteiger partial charge on any atom is 0.143 e. The van der Waals surface area contributed by atoms with Gasteiger partial charge in [0.25, 0.3) is 0 Å². The number of anilines is 2. The van der Waals surface area contributed by atoms with Gasteiger partial charge in [-0.2, -0.15) is 5.26 Å². The monoisotopic (exact) mass is 450 g/mol. The molecule has 3 nitrogen and oxygen atoms in total. The van der Waals surface area contributed by atoms with Crippen molar-refractivity contribution in [2.45, 2.75) is 6.10 Å². The highest BCUT2D eigenvalue weighted by molar-refractivity contribution is 5.82. The molecule has 0 fully saturated rings. The number of ether oxygens (including phenoxy) is 1. The summed E-state index contributed by atoms with van der Waals surface area (Å²) < 4.78 is 6.18. The van der Waals surface area contributed by atoms with E-state index < -0.39 is 0 Å². The molecule has 0 spiro atoms. The summed E-state index contributed by atoms with van der Waals surface area (Å²) in [6, 6.07) is 37.0. The molecule has 35 heavy (non-hydrogen) atoms. The lowest BCUT2D eigenvalue weighted by atomic mass is 10.0. The zero-order valence-corrected chi connectivity index (χ0v) is 19.0. The van der Waals surface area contributed by atoms with Crippen LogP contribution in [0.15, 0.2) is 133 Å². The minimum Gasteiger partial charge on any atom is -0.481 e. The molecule has 0 N–H and O–H groups in total. The molecule has 0 saturated carbocycles. The average molecular weight is 451 g/mol. The second-order valence-corrected chi connectivity index (χ2v) is 8.52. The van der Waals surface area contributed by atoms with Crippen LogP contribution in [0.25, 0.3) is 16.7 Å². The second-order valence-electron chi connectivity index (χ2n) is 8.52. The van der Waals surface area contributed by atoms with Gasteiger partial charge >= 0.3 is 0 Å². The van der Waals surface area contributed by atoms with Crippen LogP contribution in [0, 0.1) is 11.3 Å². The van der Waals surface area contributed by atoms with E-state index in [9.17, 15) is 5.26 Å². The summed E-state index contributed by atoms with van der Waals surface area (Å²) >= 11 is 0. The van der Waals surface area contributed by atoms with E-state index in [4.69, 9.17) is 4.74 Å². The number of rotatable bonds is 4. The van der Waals surface area contributed by atoms with Crippen LogP contribution >= 0.6 is 0 Å². The Labute approximate surface area is 205 Å². The fourth-order valence-corrected chi connectivity index (χ4v) is 4.65. The van der Waals surface area contributed by atoms with Gasteiger partial charge in [0, 0.05) is 28.2 Å². The molecule has 2 aliphatic rings. The lowest BCUT2D eigenvalue weighted by Crippen LogP contribution is -2.15. The topological polar surface area (TPSA) is 36.3 Å². The van der Waals surface area contributed by atoms with Crippen molar-refractivity contribution in [2.75, 3.05) is 4.90 Å². The Kier molecular flexibility index (Phi) is 5.25. The first kappa shape index (κ1) is 20.8. The van der Waals surface area contributed by atoms with Crippen molar-refractivity contribution in [3.05, 3.63) is 144 Å². The Morgan fingerprint density at radius 3 is 2.31 bits per heavy atom. The molecule has 166 valence electrons. The van der Waals surface area contributed by atoms with Crippen molar-refractivity contribution >= 4 is 16.9 Å². The maximum atomic E-state index is 9.51. The smallest absolute Gasteiger partial charge is 0.143 e. The molecule has 0 aromatic heterocycles. The van der Waals surface area contributed by atoms with Gasteiger partial charge in [-0.3, -0.25) is 0 Å². The zero-order valence-electron chi connectivity index (χ0n) is 19.0. The Balaban J connectivity index is 1.44. The van der Waals surface area contributed by atoms with E-state index in [-0.39, 0.29) is 6.10 Å². The van der Waals surface area contributed by atoms with Gasteiger partial charge in [0.05, 0.1) is 11.6 Å².